The lowest BCUT2D eigenvalue weighted by atomic mass is 10.1. The summed E-state index contributed by atoms with van der Waals surface area (Å²) < 4.78 is 0. The van der Waals surface area contributed by atoms with Crippen LogP contribution in [-0.2, 0) is 4.79 Å². The van der Waals surface area contributed by atoms with Crippen LogP contribution >= 0.6 is 15.8 Å². The van der Waals surface area contributed by atoms with Gasteiger partial charge in [0.1, 0.15) is 0 Å². The van der Waals surface area contributed by atoms with Crippen molar-refractivity contribution in [3.05, 3.63) is 134 Å². The van der Waals surface area contributed by atoms with E-state index >= 15 is 0 Å². The van der Waals surface area contributed by atoms with Crippen molar-refractivity contribution in [3.63, 3.8) is 0 Å². The summed E-state index contributed by atoms with van der Waals surface area (Å²) in [7, 11) is -1.16. The number of amides is 1. The number of hydrogen-bond acceptors (Lipinski definition) is 1. The summed E-state index contributed by atoms with van der Waals surface area (Å²) in [5.74, 6) is 0.358. The molecule has 0 spiro atoms. The van der Waals surface area contributed by atoms with Crippen molar-refractivity contribution in [2.75, 3.05) is 12.7 Å². The number of nitrogens with zero attached hydrogens (tertiary/aromatic N) is 1. The molecule has 1 heterocycles. The van der Waals surface area contributed by atoms with Crippen molar-refractivity contribution in [2.45, 2.75) is 69.5 Å². The highest BCUT2D eigenvalue weighted by Crippen LogP contribution is 2.48. The maximum absolute atomic E-state index is 14.1. The molecule has 1 amide bonds. The summed E-state index contributed by atoms with van der Waals surface area (Å²) in [6.07, 6.45) is 13.0. The number of likely N-dealkylation sites (tertiary alicyclic amines) is 1. The average Bonchev–Trinajstić information content (AvgIpc) is 3.50. The minimum Gasteiger partial charge on any atom is -0.339 e. The highest BCUT2D eigenvalue weighted by atomic mass is 31.1. The third-order valence-corrected chi connectivity index (χ3v) is 14.2. The highest BCUT2D eigenvalue weighted by Gasteiger charge is 2.40. The molecule has 5 rings (SSSR count). The fourth-order valence-corrected chi connectivity index (χ4v) is 12.0. The Morgan fingerprint density at radius 2 is 1.11 bits per heavy atom. The van der Waals surface area contributed by atoms with Gasteiger partial charge in [0.2, 0.25) is 5.91 Å². The molecule has 4 heteroatoms. The zero-order valence-corrected chi connectivity index (χ0v) is 27.8. The summed E-state index contributed by atoms with van der Waals surface area (Å²) >= 11 is 0. The molecule has 44 heavy (non-hydrogen) atoms. The van der Waals surface area contributed by atoms with Gasteiger partial charge in [-0.05, 0) is 68.9 Å². The number of carbonyl (C=O) groups is 1. The molecule has 4 aromatic carbocycles. The Labute approximate surface area is 268 Å². The first-order valence-electron chi connectivity index (χ1n) is 16.4. The molecular weight excluding hydrogens is 572 g/mol. The Bertz CT molecular complexity index is 1320. The Hall–Kier alpha value is -3.05. The standard InChI is InChI=1S/C40H47NOP2/c1-2-3-4-5-6-7-8-21-30-40(42)41-32-39(44(37-26-17-11-18-27-37)38-28-19-12-20-29-38)31-34(41)33-43(35-22-13-9-14-23-35)36-24-15-10-16-25-36/h2,9-20,22-29,34,39H,1,3-8,21,30-33H2/t34-,39-/m0/s1. The van der Waals surface area contributed by atoms with Gasteiger partial charge in [-0.1, -0.05) is 153 Å². The average molecular weight is 620 g/mol. The fraction of sp³-hybridized carbons (Fsp3) is 0.325. The Morgan fingerprint density at radius 3 is 1.61 bits per heavy atom. The third kappa shape index (κ3) is 9.00. The van der Waals surface area contributed by atoms with Gasteiger partial charge < -0.3 is 4.90 Å². The molecule has 0 unspecified atom stereocenters. The monoisotopic (exact) mass is 619 g/mol. The van der Waals surface area contributed by atoms with Crippen LogP contribution < -0.4 is 21.2 Å². The van der Waals surface area contributed by atoms with Crippen molar-refractivity contribution in [1.82, 2.24) is 4.90 Å². The number of benzene rings is 4. The van der Waals surface area contributed by atoms with Crippen LogP contribution in [0.25, 0.3) is 0 Å². The number of rotatable bonds is 16. The molecule has 0 aliphatic carbocycles. The van der Waals surface area contributed by atoms with Crippen LogP contribution in [-0.4, -0.2) is 35.2 Å². The lowest BCUT2D eigenvalue weighted by molar-refractivity contribution is -0.131. The van der Waals surface area contributed by atoms with E-state index in [0.717, 1.165) is 38.4 Å². The number of carbonyl (C=O) groups excluding carboxylic acids is 1. The molecular formula is C40H47NOP2. The van der Waals surface area contributed by atoms with Crippen molar-refractivity contribution < 1.29 is 4.79 Å². The van der Waals surface area contributed by atoms with Crippen LogP contribution in [0.4, 0.5) is 0 Å². The van der Waals surface area contributed by atoms with Crippen molar-refractivity contribution in [1.29, 1.82) is 0 Å². The predicted octanol–water partition coefficient (Wildman–Crippen LogP) is 8.53. The molecule has 2 atom stereocenters. The van der Waals surface area contributed by atoms with E-state index in [1.807, 2.05) is 6.08 Å². The normalized spacial score (nSPS) is 16.5. The van der Waals surface area contributed by atoms with E-state index in [1.54, 1.807) is 0 Å². The van der Waals surface area contributed by atoms with E-state index in [1.165, 1.54) is 46.9 Å². The fourth-order valence-electron chi connectivity index (χ4n) is 6.51. The van der Waals surface area contributed by atoms with Gasteiger partial charge in [-0.2, -0.15) is 0 Å². The van der Waals surface area contributed by atoms with Crippen LogP contribution in [0.3, 0.4) is 0 Å². The number of allylic oxidation sites excluding steroid dienone is 1. The van der Waals surface area contributed by atoms with Gasteiger partial charge in [-0.25, -0.2) is 0 Å². The van der Waals surface area contributed by atoms with Gasteiger partial charge in [-0.15, -0.1) is 6.58 Å². The van der Waals surface area contributed by atoms with E-state index in [2.05, 4.69) is 133 Å². The second-order valence-corrected chi connectivity index (χ2v) is 16.6. The van der Waals surface area contributed by atoms with Crippen LogP contribution in [0.15, 0.2) is 134 Å². The molecule has 1 fully saturated rings. The van der Waals surface area contributed by atoms with Gasteiger partial charge in [-0.3, -0.25) is 4.79 Å². The predicted molar refractivity (Wildman–Crippen MR) is 194 cm³/mol. The van der Waals surface area contributed by atoms with Crippen LogP contribution in [0.5, 0.6) is 0 Å². The van der Waals surface area contributed by atoms with Crippen molar-refractivity contribution in [2.24, 2.45) is 0 Å². The summed E-state index contributed by atoms with van der Waals surface area (Å²) in [6.45, 7) is 4.69. The van der Waals surface area contributed by atoms with Crippen LogP contribution in [0, 0.1) is 0 Å². The molecule has 2 nitrogen and oxygen atoms in total. The number of unbranched alkanes of at least 4 members (excludes halogenated alkanes) is 6. The lowest BCUT2D eigenvalue weighted by Crippen LogP contribution is -2.39. The molecule has 0 bridgehead atoms. The second kappa shape index (κ2) is 17.4. The smallest absolute Gasteiger partial charge is 0.222 e. The van der Waals surface area contributed by atoms with Crippen molar-refractivity contribution in [3.8, 4) is 0 Å². The van der Waals surface area contributed by atoms with E-state index in [9.17, 15) is 4.79 Å². The number of hydrogen-bond donors (Lipinski definition) is 0. The summed E-state index contributed by atoms with van der Waals surface area (Å²) in [4.78, 5) is 16.4. The summed E-state index contributed by atoms with van der Waals surface area (Å²) in [5, 5.41) is 5.62. The SMILES string of the molecule is C=CCCCCCCCCC(=O)N1C[C@@H](P(c2ccccc2)c2ccccc2)C[C@H]1CP(c1ccccc1)c1ccccc1. The van der Waals surface area contributed by atoms with Crippen LogP contribution in [0.1, 0.15) is 57.8 Å². The molecule has 0 N–H and O–H groups in total. The molecule has 1 aliphatic heterocycles. The molecule has 0 aromatic heterocycles. The highest BCUT2D eigenvalue weighted by molar-refractivity contribution is 7.74. The minimum absolute atomic E-state index is 0.246. The Kier molecular flexibility index (Phi) is 12.8. The van der Waals surface area contributed by atoms with Crippen LogP contribution in [0.2, 0.25) is 0 Å². The van der Waals surface area contributed by atoms with Crippen molar-refractivity contribution >= 4 is 43.0 Å². The maximum Gasteiger partial charge on any atom is 0.222 e. The van der Waals surface area contributed by atoms with E-state index in [4.69, 9.17) is 0 Å². The summed E-state index contributed by atoms with van der Waals surface area (Å²) in [6, 6.07) is 44.4. The zero-order valence-electron chi connectivity index (χ0n) is 26.0. The molecule has 4 aromatic rings. The lowest BCUT2D eigenvalue weighted by Gasteiger charge is -2.29. The molecule has 1 saturated heterocycles. The van der Waals surface area contributed by atoms with E-state index in [-0.39, 0.29) is 6.04 Å². The first kappa shape index (κ1) is 32.3. The Morgan fingerprint density at radius 1 is 0.659 bits per heavy atom. The zero-order chi connectivity index (χ0) is 30.4. The molecule has 0 radical (unpaired) electrons. The van der Waals surface area contributed by atoms with Gasteiger partial charge in [0.05, 0.1) is 0 Å². The largest absolute Gasteiger partial charge is 0.339 e. The van der Waals surface area contributed by atoms with Gasteiger partial charge >= 0.3 is 0 Å². The van der Waals surface area contributed by atoms with Gasteiger partial charge in [0.15, 0.2) is 0 Å². The first-order valence-corrected chi connectivity index (χ1v) is 19.4. The molecule has 1 aliphatic rings. The third-order valence-electron chi connectivity index (χ3n) is 8.72. The topological polar surface area (TPSA) is 20.3 Å². The molecule has 228 valence electrons. The van der Waals surface area contributed by atoms with E-state index in [0.29, 0.717) is 18.0 Å². The first-order chi connectivity index (χ1) is 21.7. The van der Waals surface area contributed by atoms with E-state index < -0.39 is 15.8 Å². The minimum atomic E-state index is -0.583. The van der Waals surface area contributed by atoms with Gasteiger partial charge in [0, 0.05) is 24.7 Å². The quantitative estimate of drug-likeness (QED) is 0.0700. The molecule has 0 saturated carbocycles. The maximum atomic E-state index is 14.1. The Balaban J connectivity index is 1.38. The second-order valence-electron chi connectivity index (χ2n) is 11.9. The summed E-state index contributed by atoms with van der Waals surface area (Å²) in [5.41, 5.74) is 0.442. The van der Waals surface area contributed by atoms with Gasteiger partial charge in [0.25, 0.3) is 0 Å².